The summed E-state index contributed by atoms with van der Waals surface area (Å²) in [4.78, 5) is 24.6. The number of hydrogen-bond acceptors (Lipinski definition) is 3. The molecule has 2 aromatic rings. The van der Waals surface area contributed by atoms with E-state index in [1.165, 1.54) is 0 Å². The maximum atomic E-state index is 12.3. The van der Waals surface area contributed by atoms with E-state index < -0.39 is 0 Å². The second-order valence-electron chi connectivity index (χ2n) is 4.76. The van der Waals surface area contributed by atoms with Gasteiger partial charge in [0.05, 0.1) is 5.56 Å². The maximum absolute atomic E-state index is 12.3. The zero-order valence-corrected chi connectivity index (χ0v) is 10.7. The predicted octanol–water partition coefficient (Wildman–Crippen LogP) is 3.40. The zero-order chi connectivity index (χ0) is 13.4. The van der Waals surface area contributed by atoms with E-state index >= 15 is 0 Å². The minimum absolute atomic E-state index is 0.114. The standard InChI is InChI=1S/C16H14O3/c1-2-3-6-10-9-13-14(17)11-7-4-5-8-12(11)15(18)16(13)19-10/h4-5,7-9H,2-3,6H2,1H3. The zero-order valence-electron chi connectivity index (χ0n) is 10.7. The van der Waals surface area contributed by atoms with Gasteiger partial charge in [0.15, 0.2) is 11.5 Å². The van der Waals surface area contributed by atoms with Gasteiger partial charge in [-0.3, -0.25) is 9.59 Å². The molecule has 0 spiro atoms. The van der Waals surface area contributed by atoms with Crippen LogP contribution in [0.3, 0.4) is 0 Å². The number of carbonyl (C=O) groups excluding carboxylic acids is 2. The summed E-state index contributed by atoms with van der Waals surface area (Å²) in [6.07, 6.45) is 2.80. The third-order valence-electron chi connectivity index (χ3n) is 3.43. The van der Waals surface area contributed by atoms with Crippen LogP contribution in [0.5, 0.6) is 0 Å². The fourth-order valence-electron chi connectivity index (χ4n) is 2.40. The van der Waals surface area contributed by atoms with E-state index in [2.05, 4.69) is 6.92 Å². The van der Waals surface area contributed by atoms with Gasteiger partial charge in [-0.15, -0.1) is 0 Å². The second-order valence-corrected chi connectivity index (χ2v) is 4.76. The smallest absolute Gasteiger partial charge is 0.229 e. The molecule has 0 fully saturated rings. The molecule has 3 heteroatoms. The summed E-state index contributed by atoms with van der Waals surface area (Å²) < 4.78 is 5.58. The molecule has 1 aliphatic rings. The molecular weight excluding hydrogens is 240 g/mol. The van der Waals surface area contributed by atoms with E-state index in [9.17, 15) is 9.59 Å². The summed E-state index contributed by atoms with van der Waals surface area (Å²) in [5, 5.41) is 0. The Morgan fingerprint density at radius 1 is 1.00 bits per heavy atom. The molecule has 0 N–H and O–H groups in total. The third-order valence-corrected chi connectivity index (χ3v) is 3.43. The lowest BCUT2D eigenvalue weighted by atomic mass is 9.88. The molecule has 1 aromatic carbocycles. The lowest BCUT2D eigenvalue weighted by Gasteiger charge is -2.11. The number of fused-ring (bicyclic) bond motifs is 2. The number of unbranched alkanes of at least 4 members (excludes halogenated alkanes) is 1. The summed E-state index contributed by atoms with van der Waals surface area (Å²) in [6.45, 7) is 2.09. The second kappa shape index (κ2) is 4.50. The van der Waals surface area contributed by atoms with Crippen molar-refractivity contribution in [2.75, 3.05) is 0 Å². The van der Waals surface area contributed by atoms with Gasteiger partial charge in [-0.25, -0.2) is 0 Å². The van der Waals surface area contributed by atoms with Crippen LogP contribution in [0, 0.1) is 0 Å². The van der Waals surface area contributed by atoms with Crippen molar-refractivity contribution in [3.05, 3.63) is 58.5 Å². The van der Waals surface area contributed by atoms with Crippen molar-refractivity contribution < 1.29 is 14.0 Å². The Labute approximate surface area is 111 Å². The number of benzene rings is 1. The van der Waals surface area contributed by atoms with E-state index in [-0.39, 0.29) is 17.3 Å². The summed E-state index contributed by atoms with van der Waals surface area (Å²) >= 11 is 0. The van der Waals surface area contributed by atoms with Gasteiger partial charge in [0.2, 0.25) is 5.78 Å². The van der Waals surface area contributed by atoms with Gasteiger partial charge in [0.25, 0.3) is 0 Å². The first-order valence-corrected chi connectivity index (χ1v) is 6.53. The van der Waals surface area contributed by atoms with E-state index in [0.717, 1.165) is 25.0 Å². The van der Waals surface area contributed by atoms with Crippen molar-refractivity contribution >= 4 is 11.6 Å². The van der Waals surface area contributed by atoms with Gasteiger partial charge in [0, 0.05) is 17.5 Å². The summed E-state index contributed by atoms with van der Waals surface area (Å²) in [5.41, 5.74) is 1.33. The summed E-state index contributed by atoms with van der Waals surface area (Å²) in [6, 6.07) is 8.62. The number of carbonyl (C=O) groups is 2. The van der Waals surface area contributed by atoms with Crippen LogP contribution in [0.25, 0.3) is 0 Å². The molecule has 1 aromatic heterocycles. The van der Waals surface area contributed by atoms with Gasteiger partial charge in [-0.05, 0) is 12.5 Å². The number of aryl methyl sites for hydroxylation is 1. The summed E-state index contributed by atoms with van der Waals surface area (Å²) in [5.74, 6) is 0.626. The third kappa shape index (κ3) is 1.82. The SMILES string of the molecule is CCCCc1cc2c(o1)C(=O)c1ccccc1C2=O. The monoisotopic (exact) mass is 254 g/mol. The van der Waals surface area contributed by atoms with Gasteiger partial charge < -0.3 is 4.42 Å². The van der Waals surface area contributed by atoms with Crippen LogP contribution in [-0.4, -0.2) is 11.6 Å². The lowest BCUT2D eigenvalue weighted by Crippen LogP contribution is -2.18. The first-order chi connectivity index (χ1) is 9.22. The average Bonchev–Trinajstić information content (AvgIpc) is 2.87. The number of ketones is 2. The first kappa shape index (κ1) is 11.9. The highest BCUT2D eigenvalue weighted by Gasteiger charge is 2.33. The molecule has 0 radical (unpaired) electrons. The van der Waals surface area contributed by atoms with Gasteiger partial charge in [0.1, 0.15) is 5.76 Å². The van der Waals surface area contributed by atoms with Crippen LogP contribution in [0.15, 0.2) is 34.7 Å². The van der Waals surface area contributed by atoms with Gasteiger partial charge in [-0.2, -0.15) is 0 Å². The molecule has 0 bridgehead atoms. The molecule has 0 amide bonds. The molecular formula is C16H14O3. The van der Waals surface area contributed by atoms with Crippen LogP contribution in [-0.2, 0) is 6.42 Å². The lowest BCUT2D eigenvalue weighted by molar-refractivity contribution is 0.0959. The molecule has 0 saturated heterocycles. The Balaban J connectivity index is 2.07. The Kier molecular flexibility index (Phi) is 2.82. The molecule has 19 heavy (non-hydrogen) atoms. The minimum atomic E-state index is -0.187. The van der Waals surface area contributed by atoms with Gasteiger partial charge in [-0.1, -0.05) is 37.6 Å². The molecule has 0 aliphatic heterocycles. The van der Waals surface area contributed by atoms with Crippen LogP contribution in [0.4, 0.5) is 0 Å². The molecule has 0 unspecified atom stereocenters. The van der Waals surface area contributed by atoms with E-state index in [1.54, 1.807) is 30.3 Å². The van der Waals surface area contributed by atoms with Crippen LogP contribution in [0.2, 0.25) is 0 Å². The molecule has 96 valence electrons. The minimum Gasteiger partial charge on any atom is -0.457 e. The van der Waals surface area contributed by atoms with E-state index in [4.69, 9.17) is 4.42 Å². The maximum Gasteiger partial charge on any atom is 0.229 e. The predicted molar refractivity (Wildman–Crippen MR) is 70.6 cm³/mol. The largest absolute Gasteiger partial charge is 0.457 e. The topological polar surface area (TPSA) is 47.3 Å². The quantitative estimate of drug-likeness (QED) is 0.719. The van der Waals surface area contributed by atoms with Crippen LogP contribution < -0.4 is 0 Å². The molecule has 3 nitrogen and oxygen atoms in total. The van der Waals surface area contributed by atoms with Crippen molar-refractivity contribution in [1.29, 1.82) is 0 Å². The van der Waals surface area contributed by atoms with E-state index in [1.807, 2.05) is 0 Å². The fourth-order valence-corrected chi connectivity index (χ4v) is 2.40. The molecule has 0 saturated carbocycles. The molecule has 3 rings (SSSR count). The molecule has 0 atom stereocenters. The number of rotatable bonds is 3. The van der Waals surface area contributed by atoms with Crippen molar-refractivity contribution in [3.8, 4) is 0 Å². The summed E-state index contributed by atoms with van der Waals surface area (Å²) in [7, 11) is 0. The van der Waals surface area contributed by atoms with Gasteiger partial charge >= 0.3 is 0 Å². The number of furan rings is 1. The average molecular weight is 254 g/mol. The fraction of sp³-hybridized carbons (Fsp3) is 0.250. The Hall–Kier alpha value is -2.16. The Morgan fingerprint density at radius 2 is 1.68 bits per heavy atom. The highest BCUT2D eigenvalue weighted by Crippen LogP contribution is 2.29. The van der Waals surface area contributed by atoms with Crippen LogP contribution in [0.1, 0.15) is 57.6 Å². The molecule has 1 aliphatic carbocycles. The normalized spacial score (nSPS) is 13.3. The van der Waals surface area contributed by atoms with Crippen molar-refractivity contribution in [3.63, 3.8) is 0 Å². The van der Waals surface area contributed by atoms with Crippen molar-refractivity contribution in [2.24, 2.45) is 0 Å². The van der Waals surface area contributed by atoms with Crippen molar-refractivity contribution in [2.45, 2.75) is 26.2 Å². The van der Waals surface area contributed by atoms with Crippen LogP contribution >= 0.6 is 0 Å². The van der Waals surface area contributed by atoms with E-state index in [0.29, 0.717) is 16.7 Å². The first-order valence-electron chi connectivity index (χ1n) is 6.53. The Bertz CT molecular complexity index is 612. The number of hydrogen-bond donors (Lipinski definition) is 0. The highest BCUT2D eigenvalue weighted by atomic mass is 16.3. The van der Waals surface area contributed by atoms with Crippen molar-refractivity contribution in [1.82, 2.24) is 0 Å². The molecule has 1 heterocycles. The Morgan fingerprint density at radius 3 is 2.37 bits per heavy atom. The highest BCUT2D eigenvalue weighted by molar-refractivity contribution is 6.27.